The molecule has 1 aliphatic carbocycles. The van der Waals surface area contributed by atoms with Crippen LogP contribution in [0, 0.1) is 5.92 Å². The van der Waals surface area contributed by atoms with Crippen LogP contribution in [0.3, 0.4) is 0 Å². The van der Waals surface area contributed by atoms with E-state index in [0.29, 0.717) is 0 Å². The number of rotatable bonds is 2. The third-order valence-corrected chi connectivity index (χ3v) is 3.79. The monoisotopic (exact) mass is 217 g/mol. The van der Waals surface area contributed by atoms with E-state index in [1.807, 2.05) is 12.1 Å². The highest BCUT2D eigenvalue weighted by Crippen LogP contribution is 2.26. The van der Waals surface area contributed by atoms with Crippen molar-refractivity contribution in [1.29, 1.82) is 0 Å². The van der Waals surface area contributed by atoms with Crippen molar-refractivity contribution in [2.24, 2.45) is 5.92 Å². The Bertz CT molecular complexity index is 311. The Kier molecular flexibility index (Phi) is 4.26. The minimum Gasteiger partial charge on any atom is -0.399 e. The summed E-state index contributed by atoms with van der Waals surface area (Å²) >= 11 is 0. The van der Waals surface area contributed by atoms with E-state index in [4.69, 9.17) is 5.73 Å². The van der Waals surface area contributed by atoms with Gasteiger partial charge in [-0.05, 0) is 24.0 Å². The van der Waals surface area contributed by atoms with Crippen LogP contribution in [-0.2, 0) is 6.42 Å². The van der Waals surface area contributed by atoms with Crippen LogP contribution in [-0.4, -0.2) is 0 Å². The van der Waals surface area contributed by atoms with Gasteiger partial charge in [-0.1, -0.05) is 63.1 Å². The Morgan fingerprint density at radius 3 is 2.25 bits per heavy atom. The second-order valence-electron chi connectivity index (χ2n) is 5.11. The van der Waals surface area contributed by atoms with Gasteiger partial charge in [0.25, 0.3) is 0 Å². The first-order valence-corrected chi connectivity index (χ1v) is 6.69. The van der Waals surface area contributed by atoms with Crippen molar-refractivity contribution in [1.82, 2.24) is 0 Å². The molecule has 1 aromatic carbocycles. The Hall–Kier alpha value is -0.980. The fourth-order valence-corrected chi connectivity index (χ4v) is 2.78. The van der Waals surface area contributed by atoms with Crippen molar-refractivity contribution in [3.8, 4) is 0 Å². The highest BCUT2D eigenvalue weighted by molar-refractivity contribution is 5.46. The minimum absolute atomic E-state index is 0.866. The lowest BCUT2D eigenvalue weighted by Crippen LogP contribution is -2.08. The molecule has 0 radical (unpaired) electrons. The van der Waals surface area contributed by atoms with Crippen LogP contribution in [0.4, 0.5) is 5.69 Å². The summed E-state index contributed by atoms with van der Waals surface area (Å²) in [5, 5.41) is 0. The molecule has 0 unspecified atom stereocenters. The van der Waals surface area contributed by atoms with Gasteiger partial charge in [-0.15, -0.1) is 0 Å². The molecule has 2 rings (SSSR count). The second-order valence-corrected chi connectivity index (χ2v) is 5.11. The number of nitrogen functional groups attached to an aromatic ring is 1. The van der Waals surface area contributed by atoms with Gasteiger partial charge in [-0.25, -0.2) is 0 Å². The van der Waals surface area contributed by atoms with Gasteiger partial charge >= 0.3 is 0 Å². The van der Waals surface area contributed by atoms with Crippen LogP contribution in [0.5, 0.6) is 0 Å². The van der Waals surface area contributed by atoms with Crippen LogP contribution < -0.4 is 5.73 Å². The number of benzene rings is 1. The molecule has 1 fully saturated rings. The molecule has 2 N–H and O–H groups in total. The lowest BCUT2D eigenvalue weighted by atomic mass is 9.86. The summed E-state index contributed by atoms with van der Waals surface area (Å²) in [5.74, 6) is 0.866. The Morgan fingerprint density at radius 2 is 1.56 bits per heavy atom. The molecule has 1 aromatic rings. The van der Waals surface area contributed by atoms with E-state index in [9.17, 15) is 0 Å². The van der Waals surface area contributed by atoms with E-state index in [1.54, 1.807) is 0 Å². The third-order valence-electron chi connectivity index (χ3n) is 3.79. The normalized spacial score (nSPS) is 19.0. The van der Waals surface area contributed by atoms with E-state index < -0.39 is 0 Å². The standard InChI is InChI=1S/C15H23N/c16-15-11-7-6-10-14(15)12-13-8-4-2-1-3-5-9-13/h6-7,10-11,13H,1-5,8-9,12,16H2. The summed E-state index contributed by atoms with van der Waals surface area (Å²) in [4.78, 5) is 0. The first kappa shape index (κ1) is 11.5. The van der Waals surface area contributed by atoms with Crippen molar-refractivity contribution >= 4 is 5.69 Å². The van der Waals surface area contributed by atoms with Crippen LogP contribution in [0.1, 0.15) is 50.5 Å². The molecule has 0 aliphatic heterocycles. The lowest BCUT2D eigenvalue weighted by Gasteiger charge is -2.20. The van der Waals surface area contributed by atoms with Gasteiger partial charge in [0.2, 0.25) is 0 Å². The molecule has 0 saturated heterocycles. The van der Waals surface area contributed by atoms with Crippen molar-refractivity contribution in [2.75, 3.05) is 5.73 Å². The number of hydrogen-bond acceptors (Lipinski definition) is 1. The smallest absolute Gasteiger partial charge is 0.0346 e. The molecule has 0 spiro atoms. The second kappa shape index (κ2) is 5.93. The van der Waals surface area contributed by atoms with Crippen LogP contribution in [0.25, 0.3) is 0 Å². The molecule has 0 atom stereocenters. The summed E-state index contributed by atoms with van der Waals surface area (Å²) in [6.07, 6.45) is 11.1. The zero-order chi connectivity index (χ0) is 11.2. The molecule has 1 saturated carbocycles. The number of para-hydroxylation sites is 1. The lowest BCUT2D eigenvalue weighted by molar-refractivity contribution is 0.377. The van der Waals surface area contributed by atoms with Crippen LogP contribution in [0.2, 0.25) is 0 Å². The van der Waals surface area contributed by atoms with Gasteiger partial charge in [0.1, 0.15) is 0 Å². The predicted octanol–water partition coefficient (Wildman–Crippen LogP) is 4.17. The van der Waals surface area contributed by atoms with E-state index in [-0.39, 0.29) is 0 Å². The minimum atomic E-state index is 0.866. The van der Waals surface area contributed by atoms with Crippen molar-refractivity contribution in [3.63, 3.8) is 0 Å². The average Bonchev–Trinajstić information content (AvgIpc) is 2.24. The summed E-state index contributed by atoms with van der Waals surface area (Å²) in [5.41, 5.74) is 8.34. The molecule has 0 amide bonds. The summed E-state index contributed by atoms with van der Waals surface area (Å²) < 4.78 is 0. The van der Waals surface area contributed by atoms with Crippen molar-refractivity contribution in [2.45, 2.75) is 51.4 Å². The summed E-state index contributed by atoms with van der Waals surface area (Å²) in [7, 11) is 0. The molecular formula is C15H23N. The van der Waals surface area contributed by atoms with Crippen molar-refractivity contribution < 1.29 is 0 Å². The fourth-order valence-electron chi connectivity index (χ4n) is 2.78. The zero-order valence-electron chi connectivity index (χ0n) is 10.1. The molecule has 0 heterocycles. The summed E-state index contributed by atoms with van der Waals surface area (Å²) in [6.45, 7) is 0. The van der Waals surface area contributed by atoms with Gasteiger partial charge in [-0.3, -0.25) is 0 Å². The number of hydrogen-bond donors (Lipinski definition) is 1. The van der Waals surface area contributed by atoms with Gasteiger partial charge < -0.3 is 5.73 Å². The first-order valence-electron chi connectivity index (χ1n) is 6.69. The van der Waals surface area contributed by atoms with Gasteiger partial charge in [0.05, 0.1) is 0 Å². The fraction of sp³-hybridized carbons (Fsp3) is 0.600. The van der Waals surface area contributed by atoms with E-state index in [2.05, 4.69) is 12.1 Å². The number of nitrogens with two attached hydrogens (primary N) is 1. The maximum absolute atomic E-state index is 6.01. The third kappa shape index (κ3) is 3.26. The topological polar surface area (TPSA) is 26.0 Å². The summed E-state index contributed by atoms with van der Waals surface area (Å²) in [6, 6.07) is 8.35. The molecule has 16 heavy (non-hydrogen) atoms. The molecule has 0 aromatic heterocycles. The molecule has 88 valence electrons. The van der Waals surface area contributed by atoms with E-state index >= 15 is 0 Å². The average molecular weight is 217 g/mol. The van der Waals surface area contributed by atoms with E-state index in [0.717, 1.165) is 11.6 Å². The number of anilines is 1. The molecule has 0 bridgehead atoms. The molecular weight excluding hydrogens is 194 g/mol. The Morgan fingerprint density at radius 1 is 0.938 bits per heavy atom. The van der Waals surface area contributed by atoms with Gasteiger partial charge in [0.15, 0.2) is 0 Å². The maximum atomic E-state index is 6.01. The van der Waals surface area contributed by atoms with Gasteiger partial charge in [-0.2, -0.15) is 0 Å². The molecule has 1 nitrogen and oxygen atoms in total. The van der Waals surface area contributed by atoms with E-state index in [1.165, 1.54) is 56.9 Å². The van der Waals surface area contributed by atoms with Crippen molar-refractivity contribution in [3.05, 3.63) is 29.8 Å². The van der Waals surface area contributed by atoms with Crippen LogP contribution in [0.15, 0.2) is 24.3 Å². The Labute approximate surface area is 99.0 Å². The Balaban J connectivity index is 1.94. The molecule has 1 aliphatic rings. The van der Waals surface area contributed by atoms with Crippen LogP contribution >= 0.6 is 0 Å². The predicted molar refractivity (Wildman–Crippen MR) is 70.4 cm³/mol. The zero-order valence-corrected chi connectivity index (χ0v) is 10.1. The highest BCUT2D eigenvalue weighted by atomic mass is 14.6. The largest absolute Gasteiger partial charge is 0.399 e. The quantitative estimate of drug-likeness (QED) is 0.739. The first-order chi connectivity index (χ1) is 7.86. The maximum Gasteiger partial charge on any atom is 0.0346 e. The SMILES string of the molecule is Nc1ccccc1CC1CCCCCCC1. The van der Waals surface area contributed by atoms with Gasteiger partial charge in [0, 0.05) is 5.69 Å². The highest BCUT2D eigenvalue weighted by Gasteiger charge is 2.12. The molecule has 1 heteroatoms.